The van der Waals surface area contributed by atoms with Gasteiger partial charge in [-0.2, -0.15) is 0 Å². The standard InChI is InChI=1S/C11H14N2O3/c1-7(2)5-13-10(14)8-3-4-9(11(15)16)12-6-8/h3-4,6-7H,5H2,1-2H3,(H,13,14)(H,15,16). The van der Waals surface area contributed by atoms with Crippen LogP contribution >= 0.6 is 0 Å². The molecule has 1 amide bonds. The van der Waals surface area contributed by atoms with E-state index in [0.717, 1.165) is 0 Å². The highest BCUT2D eigenvalue weighted by molar-refractivity contribution is 5.94. The van der Waals surface area contributed by atoms with E-state index < -0.39 is 5.97 Å². The van der Waals surface area contributed by atoms with Crippen LogP contribution in [0.1, 0.15) is 34.7 Å². The van der Waals surface area contributed by atoms with Crippen LogP contribution in [0.25, 0.3) is 0 Å². The zero-order valence-corrected chi connectivity index (χ0v) is 9.23. The number of rotatable bonds is 4. The molecule has 5 heteroatoms. The number of carbonyl (C=O) groups excluding carboxylic acids is 1. The van der Waals surface area contributed by atoms with Gasteiger partial charge in [-0.15, -0.1) is 0 Å². The highest BCUT2D eigenvalue weighted by atomic mass is 16.4. The average Bonchev–Trinajstić information content (AvgIpc) is 2.26. The van der Waals surface area contributed by atoms with Crippen LogP contribution < -0.4 is 5.32 Å². The highest BCUT2D eigenvalue weighted by Gasteiger charge is 2.08. The second kappa shape index (κ2) is 5.25. The number of carboxylic acids is 1. The van der Waals surface area contributed by atoms with Crippen molar-refractivity contribution in [2.24, 2.45) is 5.92 Å². The van der Waals surface area contributed by atoms with Crippen molar-refractivity contribution in [1.29, 1.82) is 0 Å². The number of carboxylic acid groups (broad SMARTS) is 1. The van der Waals surface area contributed by atoms with Crippen molar-refractivity contribution in [2.75, 3.05) is 6.54 Å². The summed E-state index contributed by atoms with van der Waals surface area (Å²) in [5, 5.41) is 11.3. The van der Waals surface area contributed by atoms with Crippen LogP contribution in [0.4, 0.5) is 0 Å². The summed E-state index contributed by atoms with van der Waals surface area (Å²) in [7, 11) is 0. The predicted octanol–water partition coefficient (Wildman–Crippen LogP) is 1.17. The molecule has 0 fully saturated rings. The lowest BCUT2D eigenvalue weighted by Crippen LogP contribution is -2.27. The Kier molecular flexibility index (Phi) is 3.99. The number of nitrogens with zero attached hydrogens (tertiary/aromatic N) is 1. The first-order chi connectivity index (χ1) is 7.50. The lowest BCUT2D eigenvalue weighted by Gasteiger charge is -2.07. The number of nitrogens with one attached hydrogen (secondary N) is 1. The minimum Gasteiger partial charge on any atom is -0.477 e. The summed E-state index contributed by atoms with van der Waals surface area (Å²) in [5.41, 5.74) is 0.297. The van der Waals surface area contributed by atoms with Crippen LogP contribution in [-0.4, -0.2) is 28.5 Å². The fourth-order valence-electron chi connectivity index (χ4n) is 1.05. The molecule has 0 aliphatic carbocycles. The predicted molar refractivity (Wildman–Crippen MR) is 58.4 cm³/mol. The Bertz CT molecular complexity index is 385. The van der Waals surface area contributed by atoms with E-state index in [1.807, 2.05) is 13.8 Å². The number of pyridine rings is 1. The third-order valence-electron chi connectivity index (χ3n) is 1.92. The van der Waals surface area contributed by atoms with Crippen molar-refractivity contribution in [3.8, 4) is 0 Å². The highest BCUT2D eigenvalue weighted by Crippen LogP contribution is 2.01. The van der Waals surface area contributed by atoms with Gasteiger partial charge in [0.2, 0.25) is 0 Å². The molecule has 0 aliphatic heterocycles. The Morgan fingerprint density at radius 1 is 1.44 bits per heavy atom. The molecule has 0 bridgehead atoms. The summed E-state index contributed by atoms with van der Waals surface area (Å²) < 4.78 is 0. The molecule has 0 saturated carbocycles. The first kappa shape index (κ1) is 12.2. The average molecular weight is 222 g/mol. The first-order valence-corrected chi connectivity index (χ1v) is 4.98. The van der Waals surface area contributed by atoms with E-state index in [4.69, 9.17) is 5.11 Å². The molecule has 5 nitrogen and oxygen atoms in total. The van der Waals surface area contributed by atoms with Crippen LogP contribution in [0.5, 0.6) is 0 Å². The minimum absolute atomic E-state index is 0.0691. The molecule has 2 N–H and O–H groups in total. The maximum Gasteiger partial charge on any atom is 0.354 e. The van der Waals surface area contributed by atoms with Gasteiger partial charge >= 0.3 is 5.97 Å². The van der Waals surface area contributed by atoms with Gasteiger partial charge in [0.25, 0.3) is 5.91 Å². The fraction of sp³-hybridized carbons (Fsp3) is 0.364. The maximum atomic E-state index is 11.5. The van der Waals surface area contributed by atoms with E-state index in [-0.39, 0.29) is 11.6 Å². The third-order valence-corrected chi connectivity index (χ3v) is 1.92. The van der Waals surface area contributed by atoms with E-state index in [9.17, 15) is 9.59 Å². The lowest BCUT2D eigenvalue weighted by atomic mass is 10.2. The molecular weight excluding hydrogens is 208 g/mol. The van der Waals surface area contributed by atoms with Gasteiger partial charge in [-0.1, -0.05) is 13.8 Å². The van der Waals surface area contributed by atoms with Gasteiger partial charge in [-0.3, -0.25) is 4.79 Å². The monoisotopic (exact) mass is 222 g/mol. The van der Waals surface area contributed by atoms with Crippen molar-refractivity contribution in [1.82, 2.24) is 10.3 Å². The van der Waals surface area contributed by atoms with Crippen LogP contribution in [0.15, 0.2) is 18.3 Å². The molecule has 0 unspecified atom stereocenters. The van der Waals surface area contributed by atoms with Gasteiger partial charge < -0.3 is 10.4 Å². The summed E-state index contributed by atoms with van der Waals surface area (Å²) in [6, 6.07) is 2.76. The van der Waals surface area contributed by atoms with Crippen LogP contribution in [0.3, 0.4) is 0 Å². The molecule has 1 aromatic heterocycles. The smallest absolute Gasteiger partial charge is 0.354 e. The van der Waals surface area contributed by atoms with Crippen LogP contribution in [0.2, 0.25) is 0 Å². The largest absolute Gasteiger partial charge is 0.477 e. The number of carbonyl (C=O) groups is 2. The van der Waals surface area contributed by atoms with E-state index in [0.29, 0.717) is 18.0 Å². The van der Waals surface area contributed by atoms with Crippen LogP contribution in [-0.2, 0) is 0 Å². The van der Waals surface area contributed by atoms with Gasteiger partial charge in [0.1, 0.15) is 5.69 Å². The van der Waals surface area contributed by atoms with E-state index in [2.05, 4.69) is 10.3 Å². The second-order valence-electron chi connectivity index (χ2n) is 3.84. The maximum absolute atomic E-state index is 11.5. The summed E-state index contributed by atoms with van der Waals surface area (Å²) in [4.78, 5) is 25.7. The summed E-state index contributed by atoms with van der Waals surface area (Å²) >= 11 is 0. The van der Waals surface area contributed by atoms with Crippen molar-refractivity contribution in [3.05, 3.63) is 29.6 Å². The molecule has 1 heterocycles. The van der Waals surface area contributed by atoms with Gasteiger partial charge in [-0.25, -0.2) is 9.78 Å². The normalized spacial score (nSPS) is 10.2. The minimum atomic E-state index is -1.10. The summed E-state index contributed by atoms with van der Waals surface area (Å²) in [6.07, 6.45) is 1.26. The third kappa shape index (κ3) is 3.34. The first-order valence-electron chi connectivity index (χ1n) is 4.98. The molecule has 0 spiro atoms. The van der Waals surface area contributed by atoms with Crippen molar-refractivity contribution >= 4 is 11.9 Å². The summed E-state index contributed by atoms with van der Waals surface area (Å²) in [5.74, 6) is -0.970. The van der Waals surface area contributed by atoms with Gasteiger partial charge in [0, 0.05) is 12.7 Å². The molecule has 16 heavy (non-hydrogen) atoms. The molecule has 1 rings (SSSR count). The molecule has 0 atom stereocenters. The Morgan fingerprint density at radius 3 is 2.56 bits per heavy atom. The number of amides is 1. The zero-order chi connectivity index (χ0) is 12.1. The molecule has 1 aromatic rings. The molecule has 0 aliphatic rings. The van der Waals surface area contributed by atoms with Crippen molar-refractivity contribution < 1.29 is 14.7 Å². The van der Waals surface area contributed by atoms with E-state index in [1.165, 1.54) is 18.3 Å². The number of aromatic carboxylic acids is 1. The van der Waals surface area contributed by atoms with Crippen molar-refractivity contribution in [3.63, 3.8) is 0 Å². The molecule has 86 valence electrons. The summed E-state index contributed by atoms with van der Waals surface area (Å²) in [6.45, 7) is 4.57. The van der Waals surface area contributed by atoms with Crippen molar-refractivity contribution in [2.45, 2.75) is 13.8 Å². The second-order valence-corrected chi connectivity index (χ2v) is 3.84. The fourth-order valence-corrected chi connectivity index (χ4v) is 1.05. The number of aromatic nitrogens is 1. The van der Waals surface area contributed by atoms with Crippen LogP contribution in [0, 0.1) is 5.92 Å². The Labute approximate surface area is 93.5 Å². The Balaban J connectivity index is 2.67. The zero-order valence-electron chi connectivity index (χ0n) is 9.23. The quantitative estimate of drug-likeness (QED) is 0.801. The van der Waals surface area contributed by atoms with Gasteiger partial charge in [0.05, 0.1) is 5.56 Å². The number of hydrogen-bond acceptors (Lipinski definition) is 3. The molecule has 0 saturated heterocycles. The molecular formula is C11H14N2O3. The Hall–Kier alpha value is -1.91. The topological polar surface area (TPSA) is 79.3 Å². The number of hydrogen-bond donors (Lipinski definition) is 2. The molecule has 0 radical (unpaired) electrons. The lowest BCUT2D eigenvalue weighted by molar-refractivity contribution is 0.0689. The Morgan fingerprint density at radius 2 is 2.12 bits per heavy atom. The van der Waals surface area contributed by atoms with E-state index >= 15 is 0 Å². The van der Waals surface area contributed by atoms with Gasteiger partial charge in [0.15, 0.2) is 0 Å². The SMILES string of the molecule is CC(C)CNC(=O)c1ccc(C(=O)O)nc1. The van der Waals surface area contributed by atoms with Gasteiger partial charge in [-0.05, 0) is 18.1 Å². The van der Waals surface area contributed by atoms with E-state index in [1.54, 1.807) is 0 Å². The molecule has 0 aromatic carbocycles.